The number of aliphatic hydroxyl groups is 1. The van der Waals surface area contributed by atoms with Gasteiger partial charge in [-0.1, -0.05) is 29.8 Å². The number of ether oxygens (including phenoxy) is 1. The van der Waals surface area contributed by atoms with Crippen LogP contribution in [0, 0.1) is 0 Å². The number of hydrogen-bond acceptors (Lipinski definition) is 6. The lowest BCUT2D eigenvalue weighted by atomic mass is 10.1. The van der Waals surface area contributed by atoms with Crippen molar-refractivity contribution in [2.75, 3.05) is 28.3 Å². The van der Waals surface area contributed by atoms with Gasteiger partial charge in [0.15, 0.2) is 5.82 Å². The smallest absolute Gasteiger partial charge is 0.416 e. The first-order valence-electron chi connectivity index (χ1n) is 12.0. The number of aromatic nitrogens is 2. The van der Waals surface area contributed by atoms with E-state index in [-0.39, 0.29) is 40.8 Å². The van der Waals surface area contributed by atoms with Crippen molar-refractivity contribution in [1.82, 2.24) is 9.97 Å². The van der Waals surface area contributed by atoms with Crippen molar-refractivity contribution >= 4 is 35.0 Å². The molecule has 2 aliphatic heterocycles. The zero-order valence-corrected chi connectivity index (χ0v) is 21.3. The summed E-state index contributed by atoms with van der Waals surface area (Å²) in [6.45, 7) is 4.29. The van der Waals surface area contributed by atoms with Crippen LogP contribution in [0.3, 0.4) is 0 Å². The molecule has 2 aromatic heterocycles. The first-order chi connectivity index (χ1) is 17.9. The number of alkyl halides is 3. The van der Waals surface area contributed by atoms with E-state index in [1.54, 1.807) is 38.1 Å². The summed E-state index contributed by atoms with van der Waals surface area (Å²) >= 11 is 6.46. The fourth-order valence-corrected chi connectivity index (χ4v) is 4.59. The molecule has 0 spiro atoms. The van der Waals surface area contributed by atoms with Crippen LogP contribution >= 0.6 is 11.6 Å². The zero-order valence-electron chi connectivity index (χ0n) is 20.6. The Labute approximate surface area is 222 Å². The molecule has 12 heteroatoms. The molecule has 2 N–H and O–H groups in total. The van der Waals surface area contributed by atoms with Gasteiger partial charge in [-0.15, -0.1) is 0 Å². The number of nitrogens with one attached hydrogen (secondary N) is 1. The summed E-state index contributed by atoms with van der Waals surface area (Å²) < 4.78 is 45.5. The molecule has 5 rings (SSSR count). The minimum atomic E-state index is -4.52. The Hall–Kier alpha value is -3.57. The molecule has 200 valence electrons. The van der Waals surface area contributed by atoms with Gasteiger partial charge in [0.05, 0.1) is 34.2 Å². The van der Waals surface area contributed by atoms with Crippen molar-refractivity contribution in [2.45, 2.75) is 44.6 Å². The Morgan fingerprint density at radius 2 is 1.95 bits per heavy atom. The van der Waals surface area contributed by atoms with Gasteiger partial charge in [0, 0.05) is 31.0 Å². The van der Waals surface area contributed by atoms with E-state index in [2.05, 4.69) is 15.3 Å². The highest BCUT2D eigenvalue weighted by Crippen LogP contribution is 2.47. The van der Waals surface area contributed by atoms with Crippen LogP contribution in [0.2, 0.25) is 5.02 Å². The molecule has 2 amide bonds. The zero-order chi connectivity index (χ0) is 27.2. The summed E-state index contributed by atoms with van der Waals surface area (Å²) in [5.74, 6) is 0.845. The SMILES string of the molecule is CC(C)(O)CCOc1cccc(NC(=O)N2c3nc(-c4cccc(C(F)(F)F)c4)c(Cl)cc3N3CC[C@@H]32)n1. The van der Waals surface area contributed by atoms with Gasteiger partial charge in [0.25, 0.3) is 0 Å². The fraction of sp³-hybridized carbons (Fsp3) is 0.346. The van der Waals surface area contributed by atoms with Crippen molar-refractivity contribution < 1.29 is 27.8 Å². The van der Waals surface area contributed by atoms with Crippen LogP contribution in [0.15, 0.2) is 48.5 Å². The first kappa shape index (κ1) is 26.1. The maximum Gasteiger partial charge on any atom is 0.416 e. The van der Waals surface area contributed by atoms with Gasteiger partial charge in [0.1, 0.15) is 12.0 Å². The normalized spacial score (nSPS) is 16.6. The molecule has 0 unspecified atom stereocenters. The number of nitrogens with zero attached hydrogens (tertiary/aromatic N) is 4. The molecule has 4 heterocycles. The number of urea groups is 1. The van der Waals surface area contributed by atoms with Crippen molar-refractivity contribution in [1.29, 1.82) is 0 Å². The van der Waals surface area contributed by atoms with Crippen molar-refractivity contribution in [3.05, 3.63) is 59.1 Å². The number of anilines is 3. The third-order valence-corrected chi connectivity index (χ3v) is 6.65. The quantitative estimate of drug-likeness (QED) is 0.397. The van der Waals surface area contributed by atoms with Crippen molar-refractivity contribution in [2.24, 2.45) is 0 Å². The lowest BCUT2D eigenvalue weighted by Crippen LogP contribution is -2.56. The fourth-order valence-electron chi connectivity index (χ4n) is 4.34. The molecular weight excluding hydrogens is 523 g/mol. The van der Waals surface area contributed by atoms with Gasteiger partial charge in [-0.05, 0) is 38.1 Å². The van der Waals surface area contributed by atoms with Gasteiger partial charge in [-0.25, -0.2) is 9.78 Å². The van der Waals surface area contributed by atoms with Gasteiger partial charge in [-0.3, -0.25) is 10.2 Å². The lowest BCUT2D eigenvalue weighted by molar-refractivity contribution is -0.137. The number of halogens is 4. The Morgan fingerprint density at radius 3 is 2.63 bits per heavy atom. The number of rotatable bonds is 6. The Kier molecular flexibility index (Phi) is 6.60. The number of carbonyl (C=O) groups excluding carboxylic acids is 1. The van der Waals surface area contributed by atoms with Gasteiger partial charge in [0.2, 0.25) is 5.88 Å². The maximum absolute atomic E-state index is 13.4. The molecule has 1 aromatic carbocycles. The number of pyridine rings is 2. The minimum absolute atomic E-state index is 0.150. The second-order valence-electron chi connectivity index (χ2n) is 9.77. The maximum atomic E-state index is 13.4. The highest BCUT2D eigenvalue weighted by molar-refractivity contribution is 6.33. The van der Waals surface area contributed by atoms with Gasteiger partial charge in [-0.2, -0.15) is 18.2 Å². The first-order valence-corrected chi connectivity index (χ1v) is 12.4. The van der Waals surface area contributed by atoms with E-state index in [1.165, 1.54) is 17.0 Å². The van der Waals surface area contributed by atoms with E-state index >= 15 is 0 Å². The number of amides is 2. The summed E-state index contributed by atoms with van der Waals surface area (Å²) in [4.78, 5) is 25.7. The summed E-state index contributed by atoms with van der Waals surface area (Å²) in [6.07, 6.45) is -3.73. The van der Waals surface area contributed by atoms with E-state index in [4.69, 9.17) is 16.3 Å². The summed E-state index contributed by atoms with van der Waals surface area (Å²) in [7, 11) is 0. The molecular formula is C26H25ClF3N5O3. The predicted octanol–water partition coefficient (Wildman–Crippen LogP) is 5.94. The van der Waals surface area contributed by atoms with Gasteiger partial charge >= 0.3 is 12.2 Å². The second kappa shape index (κ2) is 9.63. The van der Waals surface area contributed by atoms with Crippen molar-refractivity contribution in [3.8, 4) is 17.1 Å². The monoisotopic (exact) mass is 547 g/mol. The van der Waals surface area contributed by atoms with Crippen molar-refractivity contribution in [3.63, 3.8) is 0 Å². The lowest BCUT2D eigenvalue weighted by Gasteiger charge is -2.39. The topological polar surface area (TPSA) is 90.8 Å². The molecule has 1 atom stereocenters. The molecule has 3 aromatic rings. The minimum Gasteiger partial charge on any atom is -0.477 e. The molecule has 0 bridgehead atoms. The van der Waals surface area contributed by atoms with E-state index < -0.39 is 23.4 Å². The molecule has 0 saturated carbocycles. The highest BCUT2D eigenvalue weighted by Gasteiger charge is 2.46. The van der Waals surface area contributed by atoms with E-state index in [0.29, 0.717) is 30.9 Å². The van der Waals surface area contributed by atoms with Gasteiger partial charge < -0.3 is 14.7 Å². The Balaban J connectivity index is 1.40. The van der Waals surface area contributed by atoms with Crippen LogP contribution in [0.5, 0.6) is 5.88 Å². The molecule has 38 heavy (non-hydrogen) atoms. The van der Waals surface area contributed by atoms with Crippen LogP contribution in [-0.2, 0) is 6.18 Å². The average Bonchev–Trinajstić information content (AvgIpc) is 3.02. The predicted molar refractivity (Wildman–Crippen MR) is 138 cm³/mol. The molecule has 1 saturated heterocycles. The molecule has 0 radical (unpaired) electrons. The molecule has 2 aliphatic rings. The summed E-state index contributed by atoms with van der Waals surface area (Å²) in [5.41, 5.74) is -0.722. The van der Waals surface area contributed by atoms with E-state index in [1.807, 2.05) is 4.90 Å². The number of carbonyl (C=O) groups is 1. The van der Waals surface area contributed by atoms with Crippen LogP contribution < -0.4 is 19.9 Å². The van der Waals surface area contributed by atoms with Crippen LogP contribution in [0.25, 0.3) is 11.3 Å². The highest BCUT2D eigenvalue weighted by atomic mass is 35.5. The second-order valence-corrected chi connectivity index (χ2v) is 10.2. The Bertz CT molecular complexity index is 1380. The van der Waals surface area contributed by atoms with Crippen LogP contribution in [-0.4, -0.2) is 46.0 Å². The summed E-state index contributed by atoms with van der Waals surface area (Å²) in [6, 6.07) is 10.8. The van der Waals surface area contributed by atoms with E-state index in [9.17, 15) is 23.1 Å². The molecule has 0 aliphatic carbocycles. The van der Waals surface area contributed by atoms with Crippen LogP contribution in [0.4, 0.5) is 35.3 Å². The Morgan fingerprint density at radius 1 is 1.18 bits per heavy atom. The number of benzene rings is 1. The number of hydrogen-bond donors (Lipinski definition) is 2. The standard InChI is InChI=1S/C26H25ClF3N5O3/c1-25(2,37)10-12-38-20-8-4-7-19(31-20)32-24(36)35-21-9-11-34(21)18-14-17(27)22(33-23(18)35)15-5-3-6-16(13-15)26(28,29)30/h3-8,13-14,21,37H,9-12H2,1-2H3,(H,31,32,36)/t21-/m0/s1. The molecule has 1 fully saturated rings. The average molecular weight is 548 g/mol. The van der Waals surface area contributed by atoms with Crippen LogP contribution in [0.1, 0.15) is 32.3 Å². The van der Waals surface area contributed by atoms with E-state index in [0.717, 1.165) is 12.1 Å². The third-order valence-electron chi connectivity index (χ3n) is 6.36. The summed E-state index contributed by atoms with van der Waals surface area (Å²) in [5, 5.41) is 12.8. The third kappa shape index (κ3) is 5.21. The molecule has 8 nitrogen and oxygen atoms in total. The largest absolute Gasteiger partial charge is 0.477 e. The number of fused-ring (bicyclic) bond motifs is 3.